The van der Waals surface area contributed by atoms with E-state index >= 15 is 0 Å². The predicted octanol–water partition coefficient (Wildman–Crippen LogP) is 2.03. The molecule has 0 bridgehead atoms. The van der Waals surface area contributed by atoms with Crippen LogP contribution < -0.4 is 19.9 Å². The Kier molecular flexibility index (Phi) is 5.52. The lowest BCUT2D eigenvalue weighted by molar-refractivity contribution is 0.0693. The third-order valence-corrected chi connectivity index (χ3v) is 5.02. The Balaban J connectivity index is 1.61. The van der Waals surface area contributed by atoms with Crippen LogP contribution in [0, 0.1) is 0 Å². The maximum absolute atomic E-state index is 12.5. The van der Waals surface area contributed by atoms with Crippen LogP contribution in [0.2, 0.25) is 0 Å². The number of rotatable bonds is 5. The van der Waals surface area contributed by atoms with Gasteiger partial charge in [0.05, 0.1) is 11.4 Å². The van der Waals surface area contributed by atoms with E-state index in [9.17, 15) is 13.2 Å². The summed E-state index contributed by atoms with van der Waals surface area (Å²) < 4.78 is 34.1. The van der Waals surface area contributed by atoms with Gasteiger partial charge in [-0.2, -0.15) is 0 Å². The Morgan fingerprint density at radius 3 is 2.48 bits per heavy atom. The number of likely N-dealkylation sites (N-methyl/N-ethyl adjacent to an activating group) is 1. The highest BCUT2D eigenvalue weighted by atomic mass is 32.2. The van der Waals surface area contributed by atoms with E-state index in [-0.39, 0.29) is 17.0 Å². The summed E-state index contributed by atoms with van der Waals surface area (Å²) in [6.45, 7) is 3.04. The molecule has 2 aromatic rings. The summed E-state index contributed by atoms with van der Waals surface area (Å²) in [5, 5.41) is 7.80. The van der Waals surface area contributed by atoms with Crippen molar-refractivity contribution in [2.24, 2.45) is 5.14 Å². The lowest BCUT2D eigenvalue weighted by Gasteiger charge is -2.30. The minimum absolute atomic E-state index is 0.0146. The number of nitrogens with zero attached hydrogens (tertiary/aromatic N) is 1. The van der Waals surface area contributed by atoms with Crippen LogP contribution in [0.1, 0.15) is 6.92 Å². The first-order valence-corrected chi connectivity index (χ1v) is 9.98. The van der Waals surface area contributed by atoms with Crippen molar-refractivity contribution in [3.63, 3.8) is 0 Å². The van der Waals surface area contributed by atoms with E-state index in [0.717, 1.165) is 0 Å². The van der Waals surface area contributed by atoms with Crippen molar-refractivity contribution in [1.82, 2.24) is 4.90 Å². The molecule has 3 rings (SSSR count). The van der Waals surface area contributed by atoms with Gasteiger partial charge >= 0.3 is 6.03 Å². The molecule has 8 nitrogen and oxygen atoms in total. The van der Waals surface area contributed by atoms with Gasteiger partial charge in [-0.15, -0.1) is 0 Å². The van der Waals surface area contributed by atoms with Gasteiger partial charge < -0.3 is 19.7 Å². The van der Waals surface area contributed by atoms with Gasteiger partial charge in [0.15, 0.2) is 17.6 Å². The summed E-state index contributed by atoms with van der Waals surface area (Å²) in [5.74, 6) is 1.35. The summed E-state index contributed by atoms with van der Waals surface area (Å²) in [7, 11) is -3.77. The molecule has 1 aliphatic heterocycles. The second-order valence-corrected chi connectivity index (χ2v) is 7.60. The lowest BCUT2D eigenvalue weighted by atomic mass is 10.2. The number of benzene rings is 2. The zero-order valence-electron chi connectivity index (χ0n) is 14.8. The maximum Gasteiger partial charge on any atom is 0.321 e. The summed E-state index contributed by atoms with van der Waals surface area (Å²) in [6, 6.07) is 12.7. The molecule has 0 unspecified atom stereocenters. The van der Waals surface area contributed by atoms with Crippen LogP contribution in [0.5, 0.6) is 11.5 Å². The first kappa shape index (κ1) is 19.0. The number of primary sulfonamides is 1. The van der Waals surface area contributed by atoms with Crippen LogP contribution >= 0.6 is 0 Å². The van der Waals surface area contributed by atoms with Gasteiger partial charge in [-0.1, -0.05) is 12.1 Å². The fourth-order valence-electron chi connectivity index (χ4n) is 2.68. The van der Waals surface area contributed by atoms with Gasteiger partial charge in [-0.05, 0) is 43.3 Å². The normalized spacial score (nSPS) is 15.9. The fourth-order valence-corrected chi connectivity index (χ4v) is 3.20. The molecule has 1 heterocycles. The van der Waals surface area contributed by atoms with E-state index in [1.165, 1.54) is 24.3 Å². The van der Waals surface area contributed by atoms with Crippen molar-refractivity contribution >= 4 is 21.7 Å². The van der Waals surface area contributed by atoms with E-state index in [1.54, 1.807) is 4.90 Å². The molecule has 3 N–H and O–H groups in total. The smallest absolute Gasteiger partial charge is 0.321 e. The summed E-state index contributed by atoms with van der Waals surface area (Å²) in [6.07, 6.45) is -0.282. The van der Waals surface area contributed by atoms with Gasteiger partial charge in [0.1, 0.15) is 6.61 Å². The number of hydrogen-bond donors (Lipinski definition) is 2. The average Bonchev–Trinajstić information content (AvgIpc) is 2.65. The standard InChI is InChI=1S/C18H21N3O5S/c1-2-21(11-14-12-25-16-5-3-4-6-17(16)26-14)18(22)20-13-7-9-15(10-8-13)27(19,23)24/h3-10,14H,2,11-12H2,1H3,(H,20,22)(H2,19,23,24)/t14-/m0/s1. The highest BCUT2D eigenvalue weighted by Crippen LogP contribution is 2.31. The molecule has 0 saturated heterocycles. The molecule has 2 amide bonds. The number of nitrogens with two attached hydrogens (primary N) is 1. The van der Waals surface area contributed by atoms with Crippen molar-refractivity contribution in [2.45, 2.75) is 17.9 Å². The largest absolute Gasteiger partial charge is 0.486 e. The van der Waals surface area contributed by atoms with E-state index in [2.05, 4.69) is 5.32 Å². The van der Waals surface area contributed by atoms with Crippen LogP contribution in [0.15, 0.2) is 53.4 Å². The molecule has 0 aromatic heterocycles. The number of carbonyl (C=O) groups excluding carboxylic acids is 1. The molecule has 1 aliphatic rings. The van der Waals surface area contributed by atoms with Crippen molar-refractivity contribution < 1.29 is 22.7 Å². The van der Waals surface area contributed by atoms with Gasteiger partial charge in [0.25, 0.3) is 0 Å². The molecular formula is C18H21N3O5S. The molecule has 0 spiro atoms. The Labute approximate surface area is 157 Å². The Hall–Kier alpha value is -2.78. The summed E-state index contributed by atoms with van der Waals surface area (Å²) in [5.41, 5.74) is 0.469. The van der Waals surface area contributed by atoms with Crippen LogP contribution in [-0.4, -0.2) is 45.1 Å². The first-order chi connectivity index (χ1) is 12.9. The fraction of sp³-hybridized carbons (Fsp3) is 0.278. The number of ether oxygens (including phenoxy) is 2. The SMILES string of the molecule is CCN(C[C@H]1COc2ccccc2O1)C(=O)Nc1ccc(S(N)(=O)=O)cc1. The quantitative estimate of drug-likeness (QED) is 0.810. The summed E-state index contributed by atoms with van der Waals surface area (Å²) in [4.78, 5) is 14.1. The van der Waals surface area contributed by atoms with E-state index < -0.39 is 10.0 Å². The number of carbonyl (C=O) groups is 1. The molecule has 1 atom stereocenters. The van der Waals surface area contributed by atoms with Gasteiger partial charge in [0.2, 0.25) is 10.0 Å². The predicted molar refractivity (Wildman–Crippen MR) is 100 cm³/mol. The lowest BCUT2D eigenvalue weighted by Crippen LogP contribution is -2.45. The number of hydrogen-bond acceptors (Lipinski definition) is 5. The average molecular weight is 391 g/mol. The number of nitrogens with one attached hydrogen (secondary N) is 1. The van der Waals surface area contributed by atoms with Crippen LogP contribution in [0.3, 0.4) is 0 Å². The number of anilines is 1. The first-order valence-electron chi connectivity index (χ1n) is 8.44. The molecular weight excluding hydrogens is 370 g/mol. The maximum atomic E-state index is 12.5. The van der Waals surface area contributed by atoms with Crippen LogP contribution in [0.4, 0.5) is 10.5 Å². The van der Waals surface area contributed by atoms with E-state index in [0.29, 0.717) is 36.9 Å². The third kappa shape index (κ3) is 4.69. The third-order valence-electron chi connectivity index (χ3n) is 4.09. The molecule has 0 radical (unpaired) electrons. The Bertz CT molecular complexity index is 915. The second-order valence-electron chi connectivity index (χ2n) is 6.04. The molecule has 2 aromatic carbocycles. The van der Waals surface area contributed by atoms with Crippen molar-refractivity contribution in [3.8, 4) is 11.5 Å². The van der Waals surface area contributed by atoms with E-state index in [4.69, 9.17) is 14.6 Å². The van der Waals surface area contributed by atoms with Gasteiger partial charge in [-0.25, -0.2) is 18.4 Å². The highest BCUT2D eigenvalue weighted by Gasteiger charge is 2.24. The molecule has 0 aliphatic carbocycles. The summed E-state index contributed by atoms with van der Waals surface area (Å²) >= 11 is 0. The minimum Gasteiger partial charge on any atom is -0.486 e. The monoisotopic (exact) mass is 391 g/mol. The van der Waals surface area contributed by atoms with Crippen LogP contribution in [0.25, 0.3) is 0 Å². The Morgan fingerprint density at radius 1 is 1.19 bits per heavy atom. The number of para-hydroxylation sites is 2. The van der Waals surface area contributed by atoms with Gasteiger partial charge in [-0.3, -0.25) is 0 Å². The topological polar surface area (TPSA) is 111 Å². The molecule has 9 heteroatoms. The number of urea groups is 1. The molecule has 0 fully saturated rings. The minimum atomic E-state index is -3.77. The van der Waals surface area contributed by atoms with Crippen molar-refractivity contribution in [2.75, 3.05) is 25.0 Å². The van der Waals surface area contributed by atoms with E-state index in [1.807, 2.05) is 31.2 Å². The molecule has 0 saturated carbocycles. The molecule has 144 valence electrons. The van der Waals surface area contributed by atoms with Crippen molar-refractivity contribution in [1.29, 1.82) is 0 Å². The van der Waals surface area contributed by atoms with Crippen LogP contribution in [-0.2, 0) is 10.0 Å². The number of sulfonamides is 1. The zero-order chi connectivity index (χ0) is 19.4. The number of amides is 2. The highest BCUT2D eigenvalue weighted by molar-refractivity contribution is 7.89. The zero-order valence-corrected chi connectivity index (χ0v) is 15.6. The number of fused-ring (bicyclic) bond motifs is 1. The molecule has 27 heavy (non-hydrogen) atoms. The second kappa shape index (κ2) is 7.85. The van der Waals surface area contributed by atoms with Gasteiger partial charge in [0, 0.05) is 12.2 Å². The Morgan fingerprint density at radius 2 is 1.85 bits per heavy atom. The van der Waals surface area contributed by atoms with Crippen molar-refractivity contribution in [3.05, 3.63) is 48.5 Å².